The van der Waals surface area contributed by atoms with Gasteiger partial charge < -0.3 is 15.3 Å². The quantitative estimate of drug-likeness (QED) is 0.370. The molecule has 1 atom stereocenters. The molecule has 1 heterocycles. The molecule has 7 nitrogen and oxygen atoms in total. The maximum Gasteiger partial charge on any atom is 0.312 e. The SMILES string of the molecule is CC(CO/N=C(\C=O)c1csc(N)n1)C(=O)OC(C)(C)C. The average Bonchev–Trinajstić information content (AvgIpc) is 2.78. The Morgan fingerprint density at radius 3 is 2.71 bits per heavy atom. The Morgan fingerprint density at radius 1 is 1.57 bits per heavy atom. The molecular formula is C13H19N3O4S. The van der Waals surface area contributed by atoms with Crippen molar-refractivity contribution < 1.29 is 19.2 Å². The van der Waals surface area contributed by atoms with Crippen LogP contribution in [-0.2, 0) is 19.2 Å². The van der Waals surface area contributed by atoms with Gasteiger partial charge in [-0.2, -0.15) is 0 Å². The molecule has 0 aliphatic heterocycles. The summed E-state index contributed by atoms with van der Waals surface area (Å²) in [5, 5.41) is 5.61. The molecule has 8 heteroatoms. The number of oxime groups is 1. The number of carbonyl (C=O) groups is 2. The van der Waals surface area contributed by atoms with Gasteiger partial charge in [-0.15, -0.1) is 11.3 Å². The molecule has 1 rings (SSSR count). The summed E-state index contributed by atoms with van der Waals surface area (Å²) >= 11 is 1.20. The van der Waals surface area contributed by atoms with Gasteiger partial charge in [0.1, 0.15) is 17.9 Å². The fourth-order valence-electron chi connectivity index (χ4n) is 1.22. The first-order valence-corrected chi connectivity index (χ1v) is 7.20. The van der Waals surface area contributed by atoms with Crippen LogP contribution >= 0.6 is 11.3 Å². The first kappa shape index (κ1) is 17.1. The zero-order valence-corrected chi connectivity index (χ0v) is 13.3. The van der Waals surface area contributed by atoms with E-state index >= 15 is 0 Å². The van der Waals surface area contributed by atoms with Crippen LogP contribution in [0.1, 0.15) is 33.4 Å². The highest BCUT2D eigenvalue weighted by molar-refractivity contribution is 7.13. The lowest BCUT2D eigenvalue weighted by molar-refractivity contribution is -0.161. The Morgan fingerprint density at radius 2 is 2.24 bits per heavy atom. The van der Waals surface area contributed by atoms with Crippen molar-refractivity contribution in [1.29, 1.82) is 0 Å². The second-order valence-corrected chi connectivity index (χ2v) is 6.29. The molecule has 0 amide bonds. The molecule has 0 bridgehead atoms. The van der Waals surface area contributed by atoms with E-state index in [1.54, 1.807) is 33.1 Å². The van der Waals surface area contributed by atoms with Gasteiger partial charge in [-0.1, -0.05) is 5.16 Å². The summed E-state index contributed by atoms with van der Waals surface area (Å²) in [5.41, 5.74) is 5.30. The zero-order valence-electron chi connectivity index (χ0n) is 12.5. The number of hydrogen-bond acceptors (Lipinski definition) is 8. The van der Waals surface area contributed by atoms with Gasteiger partial charge in [0.2, 0.25) is 0 Å². The Bertz CT molecular complexity index is 534. The third kappa shape index (κ3) is 5.90. The number of nitrogen functional groups attached to an aromatic ring is 1. The van der Waals surface area contributed by atoms with Crippen molar-refractivity contribution >= 4 is 34.4 Å². The standard InChI is InChI=1S/C13H19N3O4S/c1-8(11(18)20-13(2,3)4)6-19-16-9(5-17)10-7-21-12(14)15-10/h5,7-8H,6H2,1-4H3,(H2,14,15)/b16-9+. The number of aldehydes is 1. The van der Waals surface area contributed by atoms with Gasteiger partial charge >= 0.3 is 5.97 Å². The number of nitrogens with zero attached hydrogens (tertiary/aromatic N) is 2. The molecule has 1 aromatic rings. The first-order chi connectivity index (χ1) is 9.73. The van der Waals surface area contributed by atoms with Crippen LogP contribution in [0.4, 0.5) is 5.13 Å². The van der Waals surface area contributed by atoms with Crippen LogP contribution in [0.5, 0.6) is 0 Å². The van der Waals surface area contributed by atoms with E-state index in [9.17, 15) is 9.59 Å². The minimum absolute atomic E-state index is 0.00583. The number of carbonyl (C=O) groups excluding carboxylic acids is 2. The minimum Gasteiger partial charge on any atom is -0.460 e. The largest absolute Gasteiger partial charge is 0.460 e. The molecule has 0 radical (unpaired) electrons. The molecule has 1 unspecified atom stereocenters. The average molecular weight is 313 g/mol. The van der Waals surface area contributed by atoms with Crippen LogP contribution in [0, 0.1) is 5.92 Å². The number of ether oxygens (including phenoxy) is 1. The summed E-state index contributed by atoms with van der Waals surface area (Å²) in [5.74, 6) is -0.885. The smallest absolute Gasteiger partial charge is 0.312 e. The molecule has 0 saturated carbocycles. The van der Waals surface area contributed by atoms with Crippen molar-refractivity contribution in [2.75, 3.05) is 12.3 Å². The number of aromatic nitrogens is 1. The van der Waals surface area contributed by atoms with Gasteiger partial charge in [0.15, 0.2) is 17.1 Å². The summed E-state index contributed by atoms with van der Waals surface area (Å²) in [6.45, 7) is 7.02. The Balaban J connectivity index is 2.56. The molecular weight excluding hydrogens is 294 g/mol. The minimum atomic E-state index is -0.555. The highest BCUT2D eigenvalue weighted by Gasteiger charge is 2.22. The maximum absolute atomic E-state index is 11.7. The van der Waals surface area contributed by atoms with E-state index in [2.05, 4.69) is 10.1 Å². The Labute approximate surface area is 127 Å². The van der Waals surface area contributed by atoms with Crippen LogP contribution < -0.4 is 5.73 Å². The predicted octanol–water partition coefficient (Wildman–Crippen LogP) is 1.62. The van der Waals surface area contributed by atoms with Crippen LogP contribution in [0.3, 0.4) is 0 Å². The zero-order chi connectivity index (χ0) is 16.0. The molecule has 0 spiro atoms. The number of nitrogens with two attached hydrogens (primary N) is 1. The van der Waals surface area contributed by atoms with Crippen molar-refractivity contribution in [2.24, 2.45) is 11.1 Å². The second-order valence-electron chi connectivity index (χ2n) is 5.40. The molecule has 21 heavy (non-hydrogen) atoms. The highest BCUT2D eigenvalue weighted by Crippen LogP contribution is 2.13. The number of esters is 1. The van der Waals surface area contributed by atoms with E-state index in [4.69, 9.17) is 15.3 Å². The summed E-state index contributed by atoms with van der Waals surface area (Å²) < 4.78 is 5.21. The third-order valence-corrected chi connectivity index (χ3v) is 2.87. The molecule has 1 aromatic heterocycles. The molecule has 0 fully saturated rings. The van der Waals surface area contributed by atoms with Gasteiger partial charge in [0.05, 0.1) is 5.92 Å². The number of hydrogen-bond donors (Lipinski definition) is 1. The lowest BCUT2D eigenvalue weighted by Crippen LogP contribution is -2.29. The fourth-order valence-corrected chi connectivity index (χ4v) is 1.78. The summed E-state index contributed by atoms with van der Waals surface area (Å²) in [7, 11) is 0. The molecule has 0 aliphatic rings. The molecule has 0 aromatic carbocycles. The van der Waals surface area contributed by atoms with Gasteiger partial charge in [-0.05, 0) is 27.7 Å². The molecule has 116 valence electrons. The van der Waals surface area contributed by atoms with Crippen molar-refractivity contribution in [3.63, 3.8) is 0 Å². The van der Waals surface area contributed by atoms with E-state index in [-0.39, 0.29) is 18.3 Å². The number of rotatable bonds is 6. The molecule has 0 aliphatic carbocycles. The first-order valence-electron chi connectivity index (χ1n) is 6.32. The second kappa shape index (κ2) is 7.16. The van der Waals surface area contributed by atoms with E-state index in [0.717, 1.165) is 0 Å². The Kier molecular flexibility index (Phi) is 5.83. The highest BCUT2D eigenvalue weighted by atomic mass is 32.1. The van der Waals surface area contributed by atoms with E-state index in [0.29, 0.717) is 17.1 Å². The van der Waals surface area contributed by atoms with Crippen LogP contribution in [0.15, 0.2) is 10.5 Å². The van der Waals surface area contributed by atoms with Crippen molar-refractivity contribution in [2.45, 2.75) is 33.3 Å². The van der Waals surface area contributed by atoms with E-state index < -0.39 is 11.5 Å². The van der Waals surface area contributed by atoms with Crippen LogP contribution in [0.25, 0.3) is 0 Å². The van der Waals surface area contributed by atoms with Gasteiger partial charge in [-0.25, -0.2) is 4.98 Å². The lowest BCUT2D eigenvalue weighted by Gasteiger charge is -2.21. The summed E-state index contributed by atoms with van der Waals surface area (Å²) in [6, 6.07) is 0. The maximum atomic E-state index is 11.7. The van der Waals surface area contributed by atoms with Crippen LogP contribution in [-0.4, -0.2) is 35.2 Å². The number of thiazole rings is 1. The Hall–Kier alpha value is -1.96. The fraction of sp³-hybridized carbons (Fsp3) is 0.538. The van der Waals surface area contributed by atoms with E-state index in [1.807, 2.05) is 0 Å². The van der Waals surface area contributed by atoms with Crippen molar-refractivity contribution in [3.05, 3.63) is 11.1 Å². The van der Waals surface area contributed by atoms with E-state index in [1.165, 1.54) is 11.3 Å². The van der Waals surface area contributed by atoms with Crippen molar-refractivity contribution in [3.8, 4) is 0 Å². The third-order valence-electron chi connectivity index (χ3n) is 2.19. The molecule has 0 saturated heterocycles. The van der Waals surface area contributed by atoms with Gasteiger partial charge in [0.25, 0.3) is 0 Å². The molecule has 2 N–H and O–H groups in total. The monoisotopic (exact) mass is 313 g/mol. The van der Waals surface area contributed by atoms with Gasteiger partial charge in [0, 0.05) is 5.38 Å². The normalized spacial score (nSPS) is 13.6. The summed E-state index contributed by atoms with van der Waals surface area (Å²) in [4.78, 5) is 31.6. The lowest BCUT2D eigenvalue weighted by atomic mass is 10.1. The number of anilines is 1. The summed E-state index contributed by atoms with van der Waals surface area (Å²) in [6.07, 6.45) is 0.520. The topological polar surface area (TPSA) is 104 Å². The van der Waals surface area contributed by atoms with Gasteiger partial charge in [-0.3, -0.25) is 9.59 Å². The predicted molar refractivity (Wildman–Crippen MR) is 80.1 cm³/mol. The van der Waals surface area contributed by atoms with Crippen LogP contribution in [0.2, 0.25) is 0 Å². The van der Waals surface area contributed by atoms with Crippen molar-refractivity contribution in [1.82, 2.24) is 4.98 Å².